The lowest BCUT2D eigenvalue weighted by molar-refractivity contribution is 0.0697. The van der Waals surface area contributed by atoms with Crippen LogP contribution in [-0.4, -0.2) is 29.7 Å². The lowest BCUT2D eigenvalue weighted by Crippen LogP contribution is -2.22. The predicted molar refractivity (Wildman–Crippen MR) is 74.6 cm³/mol. The van der Waals surface area contributed by atoms with Crippen LogP contribution in [0.25, 0.3) is 0 Å². The molecule has 98 valence electrons. The first kappa shape index (κ1) is 13.1. The summed E-state index contributed by atoms with van der Waals surface area (Å²) in [5.41, 5.74) is 2.16. The SMILES string of the molecule is CN(CCc1ccccc1)c1cnccc1C(=O)O. The van der Waals surface area contributed by atoms with Crippen molar-refractivity contribution >= 4 is 11.7 Å². The Morgan fingerprint density at radius 1 is 1.26 bits per heavy atom. The molecule has 0 saturated heterocycles. The second kappa shape index (κ2) is 6.00. The van der Waals surface area contributed by atoms with E-state index >= 15 is 0 Å². The van der Waals surface area contributed by atoms with Crippen molar-refractivity contribution in [3.05, 3.63) is 59.9 Å². The summed E-state index contributed by atoms with van der Waals surface area (Å²) in [5, 5.41) is 9.15. The molecule has 0 aliphatic heterocycles. The fourth-order valence-corrected chi connectivity index (χ4v) is 1.93. The minimum atomic E-state index is -0.927. The maximum Gasteiger partial charge on any atom is 0.337 e. The Hall–Kier alpha value is -2.36. The van der Waals surface area contributed by atoms with Crippen LogP contribution in [0.2, 0.25) is 0 Å². The highest BCUT2D eigenvalue weighted by Crippen LogP contribution is 2.18. The van der Waals surface area contributed by atoms with Crippen LogP contribution in [-0.2, 0) is 6.42 Å². The maximum absolute atomic E-state index is 11.1. The summed E-state index contributed by atoms with van der Waals surface area (Å²) in [4.78, 5) is 17.1. The molecule has 1 aromatic heterocycles. The molecule has 0 spiro atoms. The van der Waals surface area contributed by atoms with Gasteiger partial charge in [0.25, 0.3) is 0 Å². The zero-order valence-electron chi connectivity index (χ0n) is 10.8. The number of aromatic carboxylic acids is 1. The van der Waals surface area contributed by atoms with Gasteiger partial charge < -0.3 is 10.0 Å². The van der Waals surface area contributed by atoms with E-state index in [4.69, 9.17) is 5.11 Å². The Labute approximate surface area is 112 Å². The Balaban J connectivity index is 2.08. The summed E-state index contributed by atoms with van der Waals surface area (Å²) < 4.78 is 0. The van der Waals surface area contributed by atoms with Gasteiger partial charge in [-0.3, -0.25) is 4.98 Å². The molecule has 0 aliphatic rings. The van der Waals surface area contributed by atoms with E-state index in [-0.39, 0.29) is 5.56 Å². The average molecular weight is 256 g/mol. The van der Waals surface area contributed by atoms with Crippen molar-refractivity contribution in [2.24, 2.45) is 0 Å². The molecule has 4 heteroatoms. The van der Waals surface area contributed by atoms with E-state index in [0.717, 1.165) is 13.0 Å². The van der Waals surface area contributed by atoms with Gasteiger partial charge in [-0.25, -0.2) is 4.79 Å². The van der Waals surface area contributed by atoms with E-state index < -0.39 is 5.97 Å². The van der Waals surface area contributed by atoms with E-state index in [9.17, 15) is 4.79 Å². The van der Waals surface area contributed by atoms with Gasteiger partial charge >= 0.3 is 5.97 Å². The van der Waals surface area contributed by atoms with Crippen LogP contribution >= 0.6 is 0 Å². The smallest absolute Gasteiger partial charge is 0.337 e. The molecule has 0 bridgehead atoms. The second-order valence-electron chi connectivity index (χ2n) is 4.36. The van der Waals surface area contributed by atoms with Crippen LogP contribution in [0.3, 0.4) is 0 Å². The number of rotatable bonds is 5. The molecule has 1 aromatic carbocycles. The third-order valence-corrected chi connectivity index (χ3v) is 3.02. The van der Waals surface area contributed by atoms with Gasteiger partial charge in [-0.2, -0.15) is 0 Å². The molecule has 0 atom stereocenters. The number of hydrogen-bond acceptors (Lipinski definition) is 3. The average Bonchev–Trinajstić information content (AvgIpc) is 2.46. The molecular formula is C15H16N2O2. The number of carbonyl (C=O) groups is 1. The molecule has 0 unspecified atom stereocenters. The molecular weight excluding hydrogens is 240 g/mol. The number of pyridine rings is 1. The fraction of sp³-hybridized carbons (Fsp3) is 0.200. The summed E-state index contributed by atoms with van der Waals surface area (Å²) in [6, 6.07) is 11.6. The summed E-state index contributed by atoms with van der Waals surface area (Å²) >= 11 is 0. The van der Waals surface area contributed by atoms with Crippen molar-refractivity contribution in [2.45, 2.75) is 6.42 Å². The molecule has 0 aliphatic carbocycles. The van der Waals surface area contributed by atoms with E-state index in [1.165, 1.54) is 17.8 Å². The lowest BCUT2D eigenvalue weighted by atomic mass is 10.1. The van der Waals surface area contributed by atoms with Crippen LogP contribution in [0.15, 0.2) is 48.8 Å². The summed E-state index contributed by atoms with van der Waals surface area (Å²) in [6.07, 6.45) is 3.96. The summed E-state index contributed by atoms with van der Waals surface area (Å²) in [6.45, 7) is 0.746. The van der Waals surface area contributed by atoms with E-state index in [1.54, 1.807) is 6.20 Å². The number of anilines is 1. The van der Waals surface area contributed by atoms with E-state index in [2.05, 4.69) is 17.1 Å². The monoisotopic (exact) mass is 256 g/mol. The van der Waals surface area contributed by atoms with Crippen LogP contribution in [0.4, 0.5) is 5.69 Å². The lowest BCUT2D eigenvalue weighted by Gasteiger charge is -2.20. The first-order valence-electron chi connectivity index (χ1n) is 6.11. The van der Waals surface area contributed by atoms with Crippen LogP contribution in [0, 0.1) is 0 Å². The molecule has 1 N–H and O–H groups in total. The quantitative estimate of drug-likeness (QED) is 0.892. The number of nitrogens with zero attached hydrogens (tertiary/aromatic N) is 2. The molecule has 2 aromatic rings. The van der Waals surface area contributed by atoms with Crippen LogP contribution < -0.4 is 4.90 Å². The van der Waals surface area contributed by atoms with Gasteiger partial charge in [-0.05, 0) is 18.1 Å². The number of aromatic nitrogens is 1. The third-order valence-electron chi connectivity index (χ3n) is 3.02. The molecule has 1 heterocycles. The normalized spacial score (nSPS) is 10.2. The molecule has 0 amide bonds. The van der Waals surface area contributed by atoms with Crippen molar-refractivity contribution in [3.63, 3.8) is 0 Å². The topological polar surface area (TPSA) is 53.4 Å². The minimum Gasteiger partial charge on any atom is -0.478 e. The Morgan fingerprint density at radius 3 is 2.68 bits per heavy atom. The zero-order valence-corrected chi connectivity index (χ0v) is 10.8. The van der Waals surface area contributed by atoms with Crippen molar-refractivity contribution in [2.75, 3.05) is 18.5 Å². The van der Waals surface area contributed by atoms with Crippen molar-refractivity contribution < 1.29 is 9.90 Å². The fourth-order valence-electron chi connectivity index (χ4n) is 1.93. The highest BCUT2D eigenvalue weighted by molar-refractivity contribution is 5.94. The zero-order chi connectivity index (χ0) is 13.7. The Morgan fingerprint density at radius 2 is 2.00 bits per heavy atom. The van der Waals surface area contributed by atoms with Gasteiger partial charge in [0.05, 0.1) is 17.4 Å². The van der Waals surface area contributed by atoms with E-state index in [1.807, 2.05) is 30.1 Å². The molecule has 2 rings (SSSR count). The van der Waals surface area contributed by atoms with Gasteiger partial charge in [-0.1, -0.05) is 30.3 Å². The predicted octanol–water partition coefficient (Wildman–Crippen LogP) is 2.46. The number of carboxylic acid groups (broad SMARTS) is 1. The molecule has 0 fully saturated rings. The number of benzene rings is 1. The van der Waals surface area contributed by atoms with Gasteiger partial charge in [0.2, 0.25) is 0 Å². The van der Waals surface area contributed by atoms with Gasteiger partial charge in [0.15, 0.2) is 0 Å². The molecule has 4 nitrogen and oxygen atoms in total. The minimum absolute atomic E-state index is 0.283. The van der Waals surface area contributed by atoms with Gasteiger partial charge in [-0.15, -0.1) is 0 Å². The van der Waals surface area contributed by atoms with Gasteiger partial charge in [0, 0.05) is 19.8 Å². The Bertz CT molecular complexity index is 555. The Kier molecular flexibility index (Phi) is 4.13. The van der Waals surface area contributed by atoms with Crippen molar-refractivity contribution in [1.29, 1.82) is 0 Å². The van der Waals surface area contributed by atoms with Gasteiger partial charge in [0.1, 0.15) is 0 Å². The summed E-state index contributed by atoms with van der Waals surface area (Å²) in [7, 11) is 1.88. The van der Waals surface area contributed by atoms with Crippen molar-refractivity contribution in [1.82, 2.24) is 4.98 Å². The third kappa shape index (κ3) is 3.31. The molecule has 0 saturated carbocycles. The number of likely N-dealkylation sites (N-methyl/N-ethyl adjacent to an activating group) is 1. The first-order chi connectivity index (χ1) is 9.18. The summed E-state index contributed by atoms with van der Waals surface area (Å²) in [5.74, 6) is -0.927. The van der Waals surface area contributed by atoms with Crippen LogP contribution in [0.5, 0.6) is 0 Å². The second-order valence-corrected chi connectivity index (χ2v) is 4.36. The standard InChI is InChI=1S/C15H16N2O2/c1-17(10-8-12-5-3-2-4-6-12)14-11-16-9-7-13(14)15(18)19/h2-7,9,11H,8,10H2,1H3,(H,18,19). The largest absolute Gasteiger partial charge is 0.478 e. The first-order valence-corrected chi connectivity index (χ1v) is 6.11. The highest BCUT2D eigenvalue weighted by atomic mass is 16.4. The number of carboxylic acids is 1. The highest BCUT2D eigenvalue weighted by Gasteiger charge is 2.12. The van der Waals surface area contributed by atoms with E-state index in [0.29, 0.717) is 5.69 Å². The number of hydrogen-bond donors (Lipinski definition) is 1. The molecule has 0 radical (unpaired) electrons. The van der Waals surface area contributed by atoms with Crippen LogP contribution in [0.1, 0.15) is 15.9 Å². The maximum atomic E-state index is 11.1. The van der Waals surface area contributed by atoms with Crippen molar-refractivity contribution in [3.8, 4) is 0 Å². The molecule has 19 heavy (non-hydrogen) atoms.